The molecule has 6 heteroatoms. The van der Waals surface area contributed by atoms with Gasteiger partial charge in [-0.15, -0.1) is 11.3 Å². The molecule has 0 saturated heterocycles. The number of aliphatic carboxylic acids is 1. The highest BCUT2D eigenvalue weighted by Gasteiger charge is 2.14. The van der Waals surface area contributed by atoms with Crippen LogP contribution in [0.25, 0.3) is 16.2 Å². The summed E-state index contributed by atoms with van der Waals surface area (Å²) in [6.07, 6.45) is 1.57. The SMILES string of the molecule is COc1cccc(-c2csc3ncc(CC(=O)O)n23)c1. The zero-order chi connectivity index (χ0) is 14.1. The monoisotopic (exact) mass is 288 g/mol. The first-order valence-corrected chi connectivity index (χ1v) is 6.87. The first kappa shape index (κ1) is 12.7. The third-order valence-corrected chi connectivity index (χ3v) is 3.86. The van der Waals surface area contributed by atoms with E-state index in [1.807, 2.05) is 34.0 Å². The number of aromatic nitrogens is 2. The highest BCUT2D eigenvalue weighted by molar-refractivity contribution is 7.15. The molecule has 0 aliphatic heterocycles. The summed E-state index contributed by atoms with van der Waals surface area (Å²) in [6.45, 7) is 0. The highest BCUT2D eigenvalue weighted by Crippen LogP contribution is 2.29. The number of hydrogen-bond donors (Lipinski definition) is 1. The molecular weight excluding hydrogens is 276 g/mol. The Kier molecular flexibility index (Phi) is 3.15. The van der Waals surface area contributed by atoms with Crippen molar-refractivity contribution in [2.24, 2.45) is 0 Å². The summed E-state index contributed by atoms with van der Waals surface area (Å²) in [5.74, 6) is -0.101. The molecule has 3 rings (SSSR count). The molecule has 0 spiro atoms. The predicted octanol–water partition coefficient (Wildman–Crippen LogP) is 2.70. The molecule has 0 radical (unpaired) electrons. The Balaban J connectivity index is 2.15. The Bertz CT molecular complexity index is 776. The molecule has 0 bridgehead atoms. The molecule has 0 fully saturated rings. The average molecular weight is 288 g/mol. The number of hydrogen-bond acceptors (Lipinski definition) is 4. The number of methoxy groups -OCH3 is 1. The fraction of sp³-hybridized carbons (Fsp3) is 0.143. The Morgan fingerprint density at radius 1 is 1.50 bits per heavy atom. The Morgan fingerprint density at radius 3 is 3.10 bits per heavy atom. The number of thiazole rings is 1. The van der Waals surface area contributed by atoms with Gasteiger partial charge in [-0.3, -0.25) is 9.20 Å². The highest BCUT2D eigenvalue weighted by atomic mass is 32.1. The van der Waals surface area contributed by atoms with Crippen LogP contribution in [0, 0.1) is 0 Å². The third kappa shape index (κ3) is 2.14. The van der Waals surface area contributed by atoms with E-state index < -0.39 is 5.97 Å². The third-order valence-electron chi connectivity index (χ3n) is 3.02. The van der Waals surface area contributed by atoms with Crippen LogP contribution in [0.3, 0.4) is 0 Å². The molecule has 20 heavy (non-hydrogen) atoms. The molecule has 2 aromatic heterocycles. The van der Waals surface area contributed by atoms with Crippen LogP contribution in [-0.2, 0) is 11.2 Å². The van der Waals surface area contributed by atoms with Crippen molar-refractivity contribution in [1.29, 1.82) is 0 Å². The van der Waals surface area contributed by atoms with Gasteiger partial charge in [0.2, 0.25) is 0 Å². The van der Waals surface area contributed by atoms with Crippen molar-refractivity contribution in [3.05, 3.63) is 41.5 Å². The minimum atomic E-state index is -0.866. The first-order valence-electron chi connectivity index (χ1n) is 5.99. The number of carboxylic acids is 1. The summed E-state index contributed by atoms with van der Waals surface area (Å²) in [6, 6.07) is 7.67. The number of fused-ring (bicyclic) bond motifs is 1. The summed E-state index contributed by atoms with van der Waals surface area (Å²) in [5.41, 5.74) is 2.57. The van der Waals surface area contributed by atoms with E-state index in [-0.39, 0.29) is 6.42 Å². The smallest absolute Gasteiger partial charge is 0.309 e. The normalized spacial score (nSPS) is 10.8. The number of carboxylic acid groups (broad SMARTS) is 1. The molecule has 1 aromatic carbocycles. The maximum absolute atomic E-state index is 10.9. The van der Waals surface area contributed by atoms with Gasteiger partial charge in [0.25, 0.3) is 0 Å². The lowest BCUT2D eigenvalue weighted by atomic mass is 10.1. The minimum absolute atomic E-state index is 0.0468. The first-order chi connectivity index (χ1) is 9.69. The van der Waals surface area contributed by atoms with Crippen LogP contribution in [0.5, 0.6) is 5.75 Å². The summed E-state index contributed by atoms with van der Waals surface area (Å²) >= 11 is 1.49. The van der Waals surface area contributed by atoms with Crippen molar-refractivity contribution in [1.82, 2.24) is 9.38 Å². The maximum Gasteiger partial charge on any atom is 0.309 e. The van der Waals surface area contributed by atoms with E-state index in [0.717, 1.165) is 22.0 Å². The molecule has 102 valence electrons. The van der Waals surface area contributed by atoms with Gasteiger partial charge in [0.05, 0.1) is 31.1 Å². The van der Waals surface area contributed by atoms with Crippen LogP contribution in [0.4, 0.5) is 0 Å². The number of benzene rings is 1. The quantitative estimate of drug-likeness (QED) is 0.801. The number of ether oxygens (including phenoxy) is 1. The van der Waals surface area contributed by atoms with E-state index in [0.29, 0.717) is 5.69 Å². The second kappa shape index (κ2) is 4.97. The van der Waals surface area contributed by atoms with Crippen molar-refractivity contribution in [3.63, 3.8) is 0 Å². The van der Waals surface area contributed by atoms with E-state index in [1.165, 1.54) is 11.3 Å². The van der Waals surface area contributed by atoms with Gasteiger partial charge in [0.15, 0.2) is 4.96 Å². The molecule has 0 unspecified atom stereocenters. The lowest BCUT2D eigenvalue weighted by molar-refractivity contribution is -0.136. The Labute approximate surface area is 119 Å². The number of carbonyl (C=O) groups is 1. The zero-order valence-electron chi connectivity index (χ0n) is 10.7. The summed E-state index contributed by atoms with van der Waals surface area (Å²) in [5, 5.41) is 10.9. The fourth-order valence-electron chi connectivity index (χ4n) is 2.13. The van der Waals surface area contributed by atoms with E-state index in [2.05, 4.69) is 4.98 Å². The second-order valence-corrected chi connectivity index (χ2v) is 5.13. The van der Waals surface area contributed by atoms with Crippen molar-refractivity contribution in [3.8, 4) is 17.0 Å². The van der Waals surface area contributed by atoms with Gasteiger partial charge in [-0.1, -0.05) is 12.1 Å². The van der Waals surface area contributed by atoms with Crippen molar-refractivity contribution >= 4 is 22.3 Å². The molecular formula is C14H12N2O3S. The van der Waals surface area contributed by atoms with Gasteiger partial charge in [-0.05, 0) is 12.1 Å². The lowest BCUT2D eigenvalue weighted by Gasteiger charge is -2.05. The van der Waals surface area contributed by atoms with Crippen molar-refractivity contribution in [2.75, 3.05) is 7.11 Å². The number of imidazole rings is 1. The maximum atomic E-state index is 10.9. The van der Waals surface area contributed by atoms with Gasteiger partial charge in [0.1, 0.15) is 5.75 Å². The van der Waals surface area contributed by atoms with Gasteiger partial charge in [-0.2, -0.15) is 0 Å². The Hall–Kier alpha value is -2.34. The summed E-state index contributed by atoms with van der Waals surface area (Å²) < 4.78 is 7.11. The number of rotatable bonds is 4. The molecule has 5 nitrogen and oxygen atoms in total. The molecule has 0 atom stereocenters. The van der Waals surface area contributed by atoms with Gasteiger partial charge < -0.3 is 9.84 Å². The van der Waals surface area contributed by atoms with Crippen LogP contribution in [0.2, 0.25) is 0 Å². The van der Waals surface area contributed by atoms with E-state index in [1.54, 1.807) is 13.3 Å². The molecule has 0 saturated carbocycles. The lowest BCUT2D eigenvalue weighted by Crippen LogP contribution is -2.03. The van der Waals surface area contributed by atoms with Gasteiger partial charge in [0, 0.05) is 10.9 Å². The van der Waals surface area contributed by atoms with Crippen LogP contribution < -0.4 is 4.74 Å². The van der Waals surface area contributed by atoms with Crippen LogP contribution in [-0.4, -0.2) is 27.6 Å². The molecule has 0 amide bonds. The molecule has 1 N–H and O–H groups in total. The van der Waals surface area contributed by atoms with Crippen molar-refractivity contribution in [2.45, 2.75) is 6.42 Å². The summed E-state index contributed by atoms with van der Waals surface area (Å²) in [4.78, 5) is 16.0. The van der Waals surface area contributed by atoms with E-state index in [4.69, 9.17) is 9.84 Å². The second-order valence-electron chi connectivity index (χ2n) is 4.29. The van der Waals surface area contributed by atoms with Crippen molar-refractivity contribution < 1.29 is 14.6 Å². The standard InChI is InChI=1S/C14H12N2O3S/c1-19-11-4-2-3-9(5-11)12-8-20-14-15-7-10(16(12)14)6-13(17)18/h2-5,7-8H,6H2,1H3,(H,17,18). The molecule has 0 aliphatic rings. The zero-order valence-corrected chi connectivity index (χ0v) is 11.6. The van der Waals surface area contributed by atoms with Gasteiger partial charge >= 0.3 is 5.97 Å². The van der Waals surface area contributed by atoms with Crippen LogP contribution in [0.15, 0.2) is 35.8 Å². The topological polar surface area (TPSA) is 63.8 Å². The molecule has 2 heterocycles. The average Bonchev–Trinajstić information content (AvgIpc) is 3.01. The predicted molar refractivity (Wildman–Crippen MR) is 76.4 cm³/mol. The fourth-order valence-corrected chi connectivity index (χ4v) is 3.02. The van der Waals surface area contributed by atoms with Gasteiger partial charge in [-0.25, -0.2) is 4.98 Å². The van der Waals surface area contributed by atoms with E-state index >= 15 is 0 Å². The Morgan fingerprint density at radius 2 is 2.35 bits per heavy atom. The number of nitrogens with zero attached hydrogens (tertiary/aromatic N) is 2. The van der Waals surface area contributed by atoms with Crippen LogP contribution in [0.1, 0.15) is 5.69 Å². The van der Waals surface area contributed by atoms with E-state index in [9.17, 15) is 4.79 Å². The van der Waals surface area contributed by atoms with Crippen LogP contribution >= 0.6 is 11.3 Å². The molecule has 0 aliphatic carbocycles. The largest absolute Gasteiger partial charge is 0.497 e. The minimum Gasteiger partial charge on any atom is -0.497 e. The molecule has 3 aromatic rings. The summed E-state index contributed by atoms with van der Waals surface area (Å²) in [7, 11) is 1.62.